The van der Waals surface area contributed by atoms with E-state index in [0.29, 0.717) is 18.2 Å². The molecule has 4 atom stereocenters. The summed E-state index contributed by atoms with van der Waals surface area (Å²) in [6, 6.07) is 10.4. The van der Waals surface area contributed by atoms with Gasteiger partial charge in [-0.25, -0.2) is 0 Å². The summed E-state index contributed by atoms with van der Waals surface area (Å²) >= 11 is 0. The van der Waals surface area contributed by atoms with Crippen molar-refractivity contribution in [3.05, 3.63) is 75.8 Å². The summed E-state index contributed by atoms with van der Waals surface area (Å²) in [7, 11) is 3.20. The molecule has 3 aliphatic carbocycles. The first-order valence-electron chi connectivity index (χ1n) is 13.6. The molecule has 0 bridgehead atoms. The summed E-state index contributed by atoms with van der Waals surface area (Å²) in [5.41, 5.74) is 5.00. The number of carbonyl (C=O) groups is 3. The standard InChI is InChI=1S/C31H35N3O7/c1-14(2)33-13-15-5-7-16(8-6-15)18-9-10-21(35)23-19(18)11-17-12-20-25(34(3)4)27(37)24(30(32)40)29(39)31(20,41)28(38)22(17)26(23)36/h5-10,14,17,20,25,33,35,37-38,41H,11-13H2,1-4H3,(H2,32,40)/t17-,20-,25?,31+/m0/s1. The maximum absolute atomic E-state index is 13.9. The largest absolute Gasteiger partial charge is 0.510 e. The number of fused-ring (bicyclic) bond motifs is 3. The van der Waals surface area contributed by atoms with E-state index >= 15 is 0 Å². The number of allylic oxidation sites excluding steroid dienone is 1. The Bertz CT molecular complexity index is 1520. The number of aromatic hydroxyl groups is 1. The molecule has 1 unspecified atom stereocenters. The summed E-state index contributed by atoms with van der Waals surface area (Å²) in [6.07, 6.45) is 0.273. The lowest BCUT2D eigenvalue weighted by Crippen LogP contribution is -2.63. The maximum Gasteiger partial charge on any atom is 0.255 e. The summed E-state index contributed by atoms with van der Waals surface area (Å²) in [5, 5.41) is 48.2. The number of likely N-dealkylation sites (N-methyl/N-ethyl adjacent to an activating group) is 1. The zero-order valence-corrected chi connectivity index (χ0v) is 23.4. The van der Waals surface area contributed by atoms with Gasteiger partial charge < -0.3 is 31.5 Å². The summed E-state index contributed by atoms with van der Waals surface area (Å²) in [6.45, 7) is 4.84. The second kappa shape index (κ2) is 10.1. The van der Waals surface area contributed by atoms with Crippen LogP contribution in [0.1, 0.15) is 41.8 Å². The Morgan fingerprint density at radius 2 is 1.76 bits per heavy atom. The number of nitrogens with two attached hydrogens (primary N) is 1. The number of ketones is 2. The van der Waals surface area contributed by atoms with E-state index in [1.165, 1.54) is 11.0 Å². The number of carbonyl (C=O) groups excluding carboxylic acids is 3. The Balaban J connectivity index is 1.62. The summed E-state index contributed by atoms with van der Waals surface area (Å²) < 4.78 is 0. The van der Waals surface area contributed by atoms with Crippen molar-refractivity contribution in [2.24, 2.45) is 17.6 Å². The third kappa shape index (κ3) is 4.34. The average Bonchev–Trinajstić information content (AvgIpc) is 2.89. The van der Waals surface area contributed by atoms with E-state index in [1.807, 2.05) is 24.3 Å². The SMILES string of the molecule is CC(C)NCc1ccc(-c2ccc(O)c3c2C[C@H]2C[C@H]4C(N(C)C)C(O)=C(C(N)=O)C(=O)[C@]4(O)C(O)=C2C3=O)cc1. The highest BCUT2D eigenvalue weighted by Crippen LogP contribution is 2.53. The van der Waals surface area contributed by atoms with Crippen LogP contribution in [0.25, 0.3) is 11.1 Å². The molecule has 0 saturated heterocycles. The van der Waals surface area contributed by atoms with E-state index in [0.717, 1.165) is 16.7 Å². The molecule has 10 nitrogen and oxygen atoms in total. The molecule has 0 heterocycles. The Hall–Kier alpha value is -3.99. The topological polar surface area (TPSA) is 173 Å². The van der Waals surface area contributed by atoms with Gasteiger partial charge in [-0.3, -0.25) is 19.3 Å². The van der Waals surface area contributed by atoms with Crippen LogP contribution in [-0.4, -0.2) is 74.6 Å². The van der Waals surface area contributed by atoms with E-state index in [-0.39, 0.29) is 29.7 Å². The molecule has 0 radical (unpaired) electrons. The Labute approximate surface area is 237 Å². The van der Waals surface area contributed by atoms with Gasteiger partial charge >= 0.3 is 0 Å². The minimum absolute atomic E-state index is 0.00571. The summed E-state index contributed by atoms with van der Waals surface area (Å²) in [4.78, 5) is 41.0. The van der Waals surface area contributed by atoms with Crippen LogP contribution in [0.2, 0.25) is 0 Å². The number of nitrogens with one attached hydrogen (secondary N) is 1. The lowest BCUT2D eigenvalue weighted by molar-refractivity contribution is -0.148. The molecule has 3 aliphatic rings. The fourth-order valence-corrected chi connectivity index (χ4v) is 6.65. The average molecular weight is 562 g/mol. The molecule has 5 rings (SSSR count). The molecule has 10 heteroatoms. The highest BCUT2D eigenvalue weighted by atomic mass is 16.3. The summed E-state index contributed by atoms with van der Waals surface area (Å²) in [5.74, 6) is -6.64. The molecule has 2 aromatic rings. The van der Waals surface area contributed by atoms with Crippen LogP contribution in [-0.2, 0) is 22.6 Å². The lowest BCUT2D eigenvalue weighted by Gasteiger charge is -2.50. The molecule has 0 spiro atoms. The molecule has 0 fully saturated rings. The number of phenolic OH excluding ortho intramolecular Hbond substituents is 1. The number of nitrogens with zero attached hydrogens (tertiary/aromatic N) is 1. The van der Waals surface area contributed by atoms with Gasteiger partial charge in [0.1, 0.15) is 22.8 Å². The number of phenols is 1. The van der Waals surface area contributed by atoms with Crippen molar-refractivity contribution >= 4 is 17.5 Å². The number of Topliss-reactive ketones (excluding diaryl/α,β-unsaturated/α-hetero) is 2. The number of aliphatic hydroxyl groups is 3. The van der Waals surface area contributed by atoms with Gasteiger partial charge in [0.25, 0.3) is 5.91 Å². The second-order valence-electron chi connectivity index (χ2n) is 11.7. The van der Waals surface area contributed by atoms with Crippen molar-refractivity contribution in [1.29, 1.82) is 0 Å². The molecule has 1 amide bonds. The van der Waals surface area contributed by atoms with Crippen LogP contribution in [0, 0.1) is 11.8 Å². The number of benzene rings is 2. The van der Waals surface area contributed by atoms with Gasteiger partial charge in [-0.1, -0.05) is 44.2 Å². The lowest BCUT2D eigenvalue weighted by atomic mass is 9.58. The van der Waals surface area contributed by atoms with Crippen LogP contribution in [0.5, 0.6) is 5.75 Å². The van der Waals surface area contributed by atoms with Crippen molar-refractivity contribution in [3.63, 3.8) is 0 Å². The number of aliphatic hydroxyl groups excluding tert-OH is 2. The van der Waals surface area contributed by atoms with E-state index < -0.39 is 58.0 Å². The van der Waals surface area contributed by atoms with Crippen LogP contribution < -0.4 is 11.1 Å². The fourth-order valence-electron chi connectivity index (χ4n) is 6.65. The zero-order valence-electron chi connectivity index (χ0n) is 23.4. The first-order chi connectivity index (χ1) is 19.3. The number of primary amides is 1. The monoisotopic (exact) mass is 561 g/mol. The molecule has 0 saturated carbocycles. The van der Waals surface area contributed by atoms with Crippen molar-refractivity contribution in [2.45, 2.75) is 50.9 Å². The van der Waals surface area contributed by atoms with E-state index in [4.69, 9.17) is 5.73 Å². The van der Waals surface area contributed by atoms with Gasteiger partial charge in [0.15, 0.2) is 11.4 Å². The Morgan fingerprint density at radius 3 is 2.34 bits per heavy atom. The zero-order chi connectivity index (χ0) is 30.0. The Kier molecular flexibility index (Phi) is 7.05. The molecule has 7 N–H and O–H groups in total. The molecule has 216 valence electrons. The van der Waals surface area contributed by atoms with Crippen molar-refractivity contribution < 1.29 is 34.8 Å². The van der Waals surface area contributed by atoms with Crippen LogP contribution in [0.3, 0.4) is 0 Å². The van der Waals surface area contributed by atoms with E-state index in [2.05, 4.69) is 19.2 Å². The molecule has 41 heavy (non-hydrogen) atoms. The van der Waals surface area contributed by atoms with Crippen molar-refractivity contribution in [3.8, 4) is 16.9 Å². The fraction of sp³-hybridized carbons (Fsp3) is 0.387. The van der Waals surface area contributed by atoms with Crippen molar-refractivity contribution in [2.75, 3.05) is 14.1 Å². The molecule has 0 aromatic heterocycles. The van der Waals surface area contributed by atoms with E-state index in [1.54, 1.807) is 20.2 Å². The first-order valence-corrected chi connectivity index (χ1v) is 13.6. The van der Waals surface area contributed by atoms with Gasteiger partial charge in [0.05, 0.1) is 11.6 Å². The van der Waals surface area contributed by atoms with Crippen LogP contribution in [0.15, 0.2) is 59.1 Å². The first kappa shape index (κ1) is 28.5. The smallest absolute Gasteiger partial charge is 0.255 e. The van der Waals surface area contributed by atoms with Gasteiger partial charge in [0.2, 0.25) is 5.78 Å². The van der Waals surface area contributed by atoms with Gasteiger partial charge in [-0.05, 0) is 61.2 Å². The quantitative estimate of drug-likeness (QED) is 0.289. The highest BCUT2D eigenvalue weighted by molar-refractivity contribution is 6.24. The molecule has 2 aromatic carbocycles. The molecular weight excluding hydrogens is 526 g/mol. The minimum atomic E-state index is -2.66. The number of rotatable bonds is 6. The normalized spacial score (nSPS) is 25.9. The third-order valence-corrected chi connectivity index (χ3v) is 8.59. The van der Waals surface area contributed by atoms with Crippen LogP contribution >= 0.6 is 0 Å². The van der Waals surface area contributed by atoms with Gasteiger partial charge in [-0.2, -0.15) is 0 Å². The predicted molar refractivity (Wildman–Crippen MR) is 151 cm³/mol. The number of hydrogen-bond donors (Lipinski definition) is 6. The minimum Gasteiger partial charge on any atom is -0.510 e. The Morgan fingerprint density at radius 1 is 1.10 bits per heavy atom. The highest BCUT2D eigenvalue weighted by Gasteiger charge is 2.63. The van der Waals surface area contributed by atoms with E-state index in [9.17, 15) is 34.8 Å². The maximum atomic E-state index is 13.9. The van der Waals surface area contributed by atoms with Gasteiger partial charge in [0, 0.05) is 24.1 Å². The molecule has 0 aliphatic heterocycles. The number of hydrogen-bond acceptors (Lipinski definition) is 9. The second-order valence-corrected chi connectivity index (χ2v) is 11.7. The predicted octanol–water partition coefficient (Wildman–Crippen LogP) is 2.29. The number of amides is 1. The van der Waals surface area contributed by atoms with Crippen LogP contribution in [0.4, 0.5) is 0 Å². The molecular formula is C31H35N3O7. The third-order valence-electron chi connectivity index (χ3n) is 8.59. The van der Waals surface area contributed by atoms with Gasteiger partial charge in [-0.15, -0.1) is 0 Å². The van der Waals surface area contributed by atoms with Crippen molar-refractivity contribution in [1.82, 2.24) is 10.2 Å².